The lowest BCUT2D eigenvalue weighted by Gasteiger charge is -2.66. The Morgan fingerprint density at radius 3 is 2.38 bits per heavy atom. The van der Waals surface area contributed by atoms with Crippen LogP contribution in [0.5, 0.6) is 0 Å². The van der Waals surface area contributed by atoms with E-state index in [2.05, 4.69) is 45.3 Å². The highest BCUT2D eigenvalue weighted by Crippen LogP contribution is 2.69. The van der Waals surface area contributed by atoms with E-state index in [1.165, 1.54) is 44.9 Å². The van der Waals surface area contributed by atoms with Gasteiger partial charge in [0.1, 0.15) is 0 Å². The molecule has 4 aliphatic rings. The van der Waals surface area contributed by atoms with Gasteiger partial charge in [0, 0.05) is 17.9 Å². The summed E-state index contributed by atoms with van der Waals surface area (Å²) in [7, 11) is 0. The molecule has 0 aromatic carbocycles. The van der Waals surface area contributed by atoms with E-state index in [9.17, 15) is 10.2 Å². The quantitative estimate of drug-likeness (QED) is 0.176. The Hall–Kier alpha value is -0.200. The Bertz CT molecular complexity index is 763. The third kappa shape index (κ3) is 6.43. The first-order chi connectivity index (χ1) is 18.6. The summed E-state index contributed by atoms with van der Waals surface area (Å²) in [6, 6.07) is 0.0841. The lowest BCUT2D eigenvalue weighted by molar-refractivity contribution is -0.234. The first-order valence-corrected chi connectivity index (χ1v) is 17.1. The number of hydrogen-bond acceptors (Lipinski definition) is 5. The largest absolute Gasteiger partial charge is 0.393 e. The average Bonchev–Trinajstić information content (AvgIpc) is 3.24. The van der Waals surface area contributed by atoms with Crippen molar-refractivity contribution in [3.63, 3.8) is 0 Å². The molecule has 0 aliphatic heterocycles. The maximum atomic E-state index is 12.5. The van der Waals surface area contributed by atoms with Crippen molar-refractivity contribution in [3.05, 3.63) is 0 Å². The average molecular weight is 548 g/mol. The van der Waals surface area contributed by atoms with Gasteiger partial charge in [0.15, 0.2) is 0 Å². The molecule has 4 rings (SSSR count). The van der Waals surface area contributed by atoms with Gasteiger partial charge in [-0.2, -0.15) is 0 Å². The van der Waals surface area contributed by atoms with E-state index in [4.69, 9.17) is 5.73 Å². The molecular formula is C34H65N3O2. The van der Waals surface area contributed by atoms with Gasteiger partial charge in [0.25, 0.3) is 0 Å². The Kier molecular flexibility index (Phi) is 10.9. The molecule has 5 heteroatoms. The number of hydrogen-bond donors (Lipinski definition) is 5. The lowest BCUT2D eigenvalue weighted by Crippen LogP contribution is -2.71. The summed E-state index contributed by atoms with van der Waals surface area (Å²) >= 11 is 0. The minimum Gasteiger partial charge on any atom is -0.393 e. The molecule has 10 atom stereocenters. The predicted octanol–water partition coefficient (Wildman–Crippen LogP) is 5.87. The molecule has 1 unspecified atom stereocenters. The van der Waals surface area contributed by atoms with Crippen molar-refractivity contribution < 1.29 is 10.2 Å². The number of nitrogens with one attached hydrogen (secondary N) is 2. The maximum absolute atomic E-state index is 12.5. The van der Waals surface area contributed by atoms with Crippen molar-refractivity contribution in [1.82, 2.24) is 10.6 Å². The van der Waals surface area contributed by atoms with Gasteiger partial charge in [0.05, 0.1) is 11.7 Å². The van der Waals surface area contributed by atoms with Gasteiger partial charge in [0.2, 0.25) is 0 Å². The Balaban J connectivity index is 1.45. The van der Waals surface area contributed by atoms with Gasteiger partial charge in [-0.15, -0.1) is 0 Å². The van der Waals surface area contributed by atoms with Crippen molar-refractivity contribution in [1.29, 1.82) is 0 Å². The summed E-state index contributed by atoms with van der Waals surface area (Å²) in [6.45, 7) is 16.1. The molecular weight excluding hydrogens is 482 g/mol. The first-order valence-electron chi connectivity index (χ1n) is 17.1. The van der Waals surface area contributed by atoms with E-state index < -0.39 is 5.60 Å². The fraction of sp³-hybridized carbons (Fsp3) is 1.00. The van der Waals surface area contributed by atoms with Gasteiger partial charge in [-0.1, -0.05) is 53.9 Å². The van der Waals surface area contributed by atoms with Gasteiger partial charge in [-0.25, -0.2) is 0 Å². The predicted molar refractivity (Wildman–Crippen MR) is 163 cm³/mol. The summed E-state index contributed by atoms with van der Waals surface area (Å²) in [4.78, 5) is 0. The third-order valence-electron chi connectivity index (χ3n) is 12.8. The van der Waals surface area contributed by atoms with Crippen LogP contribution in [-0.2, 0) is 0 Å². The molecule has 0 bridgehead atoms. The van der Waals surface area contributed by atoms with Crippen LogP contribution in [0.2, 0.25) is 0 Å². The molecule has 0 radical (unpaired) electrons. The van der Waals surface area contributed by atoms with Gasteiger partial charge >= 0.3 is 0 Å². The monoisotopic (exact) mass is 548 g/mol. The summed E-state index contributed by atoms with van der Waals surface area (Å²) < 4.78 is 0. The molecule has 39 heavy (non-hydrogen) atoms. The highest BCUT2D eigenvalue weighted by molar-refractivity contribution is 5.18. The van der Waals surface area contributed by atoms with Crippen LogP contribution in [0.3, 0.4) is 0 Å². The van der Waals surface area contributed by atoms with Crippen molar-refractivity contribution in [3.8, 4) is 0 Å². The number of unbranched alkanes of at least 4 members (excludes halogenated alkanes) is 1. The molecule has 6 N–H and O–H groups in total. The molecule has 4 aliphatic carbocycles. The molecule has 0 spiro atoms. The standard InChI is InChI=1S/C34H65N3O2/c1-24(2)10-8-11-25(3)28-12-13-29-27-22-31(37-21-9-20-36-19-7-6-18-35)34(39)23-26(38)14-17-33(34,5)30(27)15-16-32(28,29)4/h24-31,36-39H,6-23,35H2,1-5H3/t25-,26+,27?,28-,29+,30+,31-,32-,33-,34+/m1/s1. The Morgan fingerprint density at radius 2 is 1.64 bits per heavy atom. The van der Waals surface area contributed by atoms with E-state index in [-0.39, 0.29) is 17.6 Å². The fourth-order valence-corrected chi connectivity index (χ4v) is 10.6. The van der Waals surface area contributed by atoms with Crippen molar-refractivity contribution in [2.75, 3.05) is 26.2 Å². The van der Waals surface area contributed by atoms with E-state index in [0.717, 1.165) is 88.4 Å². The topological polar surface area (TPSA) is 90.5 Å². The highest BCUT2D eigenvalue weighted by atomic mass is 16.3. The van der Waals surface area contributed by atoms with Crippen LogP contribution in [0.4, 0.5) is 0 Å². The van der Waals surface area contributed by atoms with Crippen LogP contribution < -0.4 is 16.4 Å². The molecule has 228 valence electrons. The van der Waals surface area contributed by atoms with Crippen molar-refractivity contribution >= 4 is 0 Å². The maximum Gasteiger partial charge on any atom is 0.0880 e. The van der Waals surface area contributed by atoms with Gasteiger partial charge in [-0.05, 0) is 131 Å². The van der Waals surface area contributed by atoms with E-state index in [1.54, 1.807) is 0 Å². The normalized spacial score (nSPS) is 42.7. The zero-order chi connectivity index (χ0) is 28.3. The van der Waals surface area contributed by atoms with Crippen LogP contribution in [0.1, 0.15) is 125 Å². The van der Waals surface area contributed by atoms with Crippen molar-refractivity contribution in [2.45, 2.75) is 142 Å². The zero-order valence-corrected chi connectivity index (χ0v) is 26.3. The van der Waals surface area contributed by atoms with Crippen molar-refractivity contribution in [2.24, 2.45) is 52.1 Å². The molecule has 0 saturated heterocycles. The zero-order valence-electron chi connectivity index (χ0n) is 26.3. The SMILES string of the molecule is CC(C)CCC[C@@H](C)[C@H]1CC[C@H]2C3C[C@@H](NCCCNCCCCN)[C@@]4(O)C[C@@H](O)CC[C@]4(C)[C@H]3CC[C@]12C. The van der Waals surface area contributed by atoms with E-state index in [1.807, 2.05) is 0 Å². The second-order valence-electron chi connectivity index (χ2n) is 15.5. The second kappa shape index (κ2) is 13.4. The van der Waals surface area contributed by atoms with Crippen LogP contribution in [0, 0.1) is 46.3 Å². The summed E-state index contributed by atoms with van der Waals surface area (Å²) in [5, 5.41) is 30.6. The fourth-order valence-electron chi connectivity index (χ4n) is 10.6. The summed E-state index contributed by atoms with van der Waals surface area (Å²) in [6.07, 6.45) is 15.9. The highest BCUT2D eigenvalue weighted by Gasteiger charge is 2.67. The smallest absolute Gasteiger partial charge is 0.0880 e. The minimum atomic E-state index is -0.809. The summed E-state index contributed by atoms with van der Waals surface area (Å²) in [5.74, 6) is 4.56. The van der Waals surface area contributed by atoms with E-state index >= 15 is 0 Å². The van der Waals surface area contributed by atoms with Crippen LogP contribution in [-0.4, -0.2) is 54.1 Å². The number of fused-ring (bicyclic) bond motifs is 5. The Morgan fingerprint density at radius 1 is 0.872 bits per heavy atom. The summed E-state index contributed by atoms with van der Waals surface area (Å²) in [5.41, 5.74) is 5.16. The minimum absolute atomic E-state index is 0.0841. The molecule has 4 fully saturated rings. The second-order valence-corrected chi connectivity index (χ2v) is 15.5. The first kappa shape index (κ1) is 31.7. The third-order valence-corrected chi connectivity index (χ3v) is 12.8. The van der Waals surface area contributed by atoms with E-state index in [0.29, 0.717) is 23.7 Å². The van der Waals surface area contributed by atoms with Crippen LogP contribution in [0.15, 0.2) is 0 Å². The van der Waals surface area contributed by atoms with Gasteiger partial charge < -0.3 is 26.6 Å². The van der Waals surface area contributed by atoms with Crippen LogP contribution >= 0.6 is 0 Å². The molecule has 0 heterocycles. The molecule has 0 aromatic rings. The number of aliphatic hydroxyl groups is 2. The lowest BCUT2D eigenvalue weighted by atomic mass is 9.42. The molecule has 4 saturated carbocycles. The molecule has 0 amide bonds. The molecule has 0 aromatic heterocycles. The molecule has 5 nitrogen and oxygen atoms in total. The van der Waals surface area contributed by atoms with Gasteiger partial charge in [-0.3, -0.25) is 0 Å². The van der Waals surface area contributed by atoms with Crippen LogP contribution in [0.25, 0.3) is 0 Å². The Labute approximate surface area is 241 Å². The number of nitrogens with two attached hydrogens (primary N) is 1. The number of rotatable bonds is 14. The number of aliphatic hydroxyl groups excluding tert-OH is 1.